The van der Waals surface area contributed by atoms with Gasteiger partial charge in [0, 0.05) is 16.4 Å². The molecule has 1 nitrogen and oxygen atoms in total. The second-order valence-electron chi connectivity index (χ2n) is 3.78. The molecular weight excluding hydrogens is 218 g/mol. The molecular formula is C14H10ClN. The van der Waals surface area contributed by atoms with Crippen molar-refractivity contribution in [2.75, 3.05) is 5.32 Å². The van der Waals surface area contributed by atoms with E-state index in [0.717, 1.165) is 22.0 Å². The van der Waals surface area contributed by atoms with Crippen molar-refractivity contribution in [3.05, 3.63) is 58.6 Å². The third kappa shape index (κ3) is 1.59. The zero-order chi connectivity index (χ0) is 11.0. The van der Waals surface area contributed by atoms with Crippen LogP contribution in [0.5, 0.6) is 0 Å². The average molecular weight is 228 g/mol. The second kappa shape index (κ2) is 3.69. The first kappa shape index (κ1) is 9.49. The van der Waals surface area contributed by atoms with Crippen LogP contribution >= 0.6 is 11.6 Å². The Hall–Kier alpha value is -1.73. The lowest BCUT2D eigenvalue weighted by Crippen LogP contribution is -1.92. The number of hydrogen-bond donors (Lipinski definition) is 1. The number of hydrogen-bond acceptors (Lipinski definition) is 1. The van der Waals surface area contributed by atoms with E-state index in [-0.39, 0.29) is 0 Å². The molecule has 0 aliphatic carbocycles. The van der Waals surface area contributed by atoms with Gasteiger partial charge in [0.05, 0.1) is 0 Å². The Morgan fingerprint density at radius 3 is 2.50 bits per heavy atom. The smallest absolute Gasteiger partial charge is 0.0459 e. The Labute approximate surface area is 99.4 Å². The van der Waals surface area contributed by atoms with Gasteiger partial charge in [-0.05, 0) is 35.4 Å². The van der Waals surface area contributed by atoms with E-state index in [2.05, 4.69) is 29.6 Å². The molecule has 3 rings (SSSR count). The highest BCUT2D eigenvalue weighted by Gasteiger charge is 2.07. The lowest BCUT2D eigenvalue weighted by molar-refractivity contribution is 1.53. The molecule has 0 atom stereocenters. The van der Waals surface area contributed by atoms with Crippen LogP contribution < -0.4 is 5.32 Å². The zero-order valence-electron chi connectivity index (χ0n) is 8.57. The average Bonchev–Trinajstić information content (AvgIpc) is 2.48. The summed E-state index contributed by atoms with van der Waals surface area (Å²) >= 11 is 5.98. The number of benzene rings is 2. The maximum atomic E-state index is 5.98. The summed E-state index contributed by atoms with van der Waals surface area (Å²) in [6.45, 7) is 0. The van der Waals surface area contributed by atoms with Gasteiger partial charge in [0.2, 0.25) is 0 Å². The highest BCUT2D eigenvalue weighted by Crippen LogP contribution is 2.31. The molecule has 0 aromatic heterocycles. The van der Waals surface area contributed by atoms with Gasteiger partial charge in [-0.3, -0.25) is 0 Å². The molecule has 1 N–H and O–H groups in total. The molecule has 16 heavy (non-hydrogen) atoms. The number of nitrogens with one attached hydrogen (secondary N) is 1. The number of anilines is 2. The zero-order valence-corrected chi connectivity index (χ0v) is 9.33. The van der Waals surface area contributed by atoms with Gasteiger partial charge in [-0.25, -0.2) is 0 Å². The molecule has 0 amide bonds. The minimum absolute atomic E-state index is 0.760. The van der Waals surface area contributed by atoms with Crippen molar-refractivity contribution >= 4 is 35.1 Å². The topological polar surface area (TPSA) is 12.0 Å². The Kier molecular flexibility index (Phi) is 2.19. The molecule has 2 aromatic carbocycles. The molecule has 0 saturated heterocycles. The normalized spacial score (nSPS) is 12.3. The quantitative estimate of drug-likeness (QED) is 0.593. The minimum atomic E-state index is 0.760. The maximum absolute atomic E-state index is 5.98. The van der Waals surface area contributed by atoms with E-state index < -0.39 is 0 Å². The summed E-state index contributed by atoms with van der Waals surface area (Å²) in [6, 6.07) is 14.1. The molecule has 1 aliphatic heterocycles. The largest absolute Gasteiger partial charge is 0.355 e. The van der Waals surface area contributed by atoms with Crippen molar-refractivity contribution in [2.45, 2.75) is 0 Å². The van der Waals surface area contributed by atoms with Crippen LogP contribution in [-0.2, 0) is 0 Å². The molecule has 2 heteroatoms. The molecule has 0 spiro atoms. The Bertz CT molecular complexity index is 573. The van der Waals surface area contributed by atoms with Crippen LogP contribution in [0.1, 0.15) is 11.1 Å². The Balaban J connectivity index is 2.17. The fourth-order valence-corrected chi connectivity index (χ4v) is 2.05. The monoisotopic (exact) mass is 227 g/mol. The Morgan fingerprint density at radius 1 is 0.812 bits per heavy atom. The standard InChI is InChI=1S/C14H10ClN/c15-12-7-8-14-11(9-12)6-5-10-3-1-2-4-13(10)16-14/h1-9,16H. The summed E-state index contributed by atoms with van der Waals surface area (Å²) in [5, 5.41) is 4.17. The van der Waals surface area contributed by atoms with Crippen molar-refractivity contribution in [3.8, 4) is 0 Å². The first-order chi connectivity index (χ1) is 7.83. The number of halogens is 1. The third-order valence-corrected chi connectivity index (χ3v) is 2.92. The SMILES string of the molecule is Clc1ccc2c(c1)C=Cc1ccccc1N2. The molecule has 2 aromatic rings. The van der Waals surface area contributed by atoms with Gasteiger partial charge in [-0.1, -0.05) is 42.0 Å². The van der Waals surface area contributed by atoms with E-state index in [4.69, 9.17) is 11.6 Å². The lowest BCUT2D eigenvalue weighted by atomic mass is 10.1. The van der Waals surface area contributed by atoms with E-state index in [1.807, 2.05) is 30.3 Å². The van der Waals surface area contributed by atoms with E-state index in [1.165, 1.54) is 5.56 Å². The summed E-state index contributed by atoms with van der Waals surface area (Å²) in [5.74, 6) is 0. The molecule has 1 aliphatic rings. The molecule has 78 valence electrons. The molecule has 0 saturated carbocycles. The van der Waals surface area contributed by atoms with Gasteiger partial charge in [-0.15, -0.1) is 0 Å². The highest BCUT2D eigenvalue weighted by atomic mass is 35.5. The van der Waals surface area contributed by atoms with Crippen molar-refractivity contribution in [1.29, 1.82) is 0 Å². The molecule has 0 bridgehead atoms. The second-order valence-corrected chi connectivity index (χ2v) is 4.21. The highest BCUT2D eigenvalue weighted by molar-refractivity contribution is 6.30. The van der Waals surface area contributed by atoms with Gasteiger partial charge >= 0.3 is 0 Å². The van der Waals surface area contributed by atoms with Crippen LogP contribution in [0.4, 0.5) is 11.4 Å². The predicted molar refractivity (Wildman–Crippen MR) is 70.1 cm³/mol. The lowest BCUT2D eigenvalue weighted by Gasteiger charge is -2.09. The van der Waals surface area contributed by atoms with Crippen LogP contribution in [0, 0.1) is 0 Å². The number of rotatable bonds is 0. The van der Waals surface area contributed by atoms with E-state index >= 15 is 0 Å². The van der Waals surface area contributed by atoms with Gasteiger partial charge in [0.15, 0.2) is 0 Å². The van der Waals surface area contributed by atoms with E-state index in [1.54, 1.807) is 0 Å². The predicted octanol–water partition coefficient (Wildman–Crippen LogP) is 4.57. The molecule has 0 fully saturated rings. The van der Waals surface area contributed by atoms with Gasteiger partial charge in [-0.2, -0.15) is 0 Å². The Morgan fingerprint density at radius 2 is 1.56 bits per heavy atom. The van der Waals surface area contributed by atoms with Crippen molar-refractivity contribution in [2.24, 2.45) is 0 Å². The molecule has 0 unspecified atom stereocenters. The van der Waals surface area contributed by atoms with E-state index in [0.29, 0.717) is 0 Å². The maximum Gasteiger partial charge on any atom is 0.0459 e. The number of fused-ring (bicyclic) bond motifs is 2. The summed E-state index contributed by atoms with van der Waals surface area (Å²) in [4.78, 5) is 0. The molecule has 1 heterocycles. The summed E-state index contributed by atoms with van der Waals surface area (Å²) in [6.07, 6.45) is 4.19. The molecule has 0 radical (unpaired) electrons. The first-order valence-corrected chi connectivity index (χ1v) is 5.54. The fourth-order valence-electron chi connectivity index (χ4n) is 1.87. The van der Waals surface area contributed by atoms with E-state index in [9.17, 15) is 0 Å². The summed E-state index contributed by atoms with van der Waals surface area (Å²) in [5.41, 5.74) is 4.52. The fraction of sp³-hybridized carbons (Fsp3) is 0. The van der Waals surface area contributed by atoms with Crippen molar-refractivity contribution in [1.82, 2.24) is 0 Å². The van der Waals surface area contributed by atoms with Crippen LogP contribution in [0.25, 0.3) is 12.2 Å². The van der Waals surface area contributed by atoms with Crippen molar-refractivity contribution in [3.63, 3.8) is 0 Å². The van der Waals surface area contributed by atoms with Crippen LogP contribution in [0.15, 0.2) is 42.5 Å². The van der Waals surface area contributed by atoms with Crippen LogP contribution in [0.2, 0.25) is 5.02 Å². The van der Waals surface area contributed by atoms with Crippen LogP contribution in [0.3, 0.4) is 0 Å². The van der Waals surface area contributed by atoms with Gasteiger partial charge < -0.3 is 5.32 Å². The first-order valence-electron chi connectivity index (χ1n) is 5.17. The summed E-state index contributed by atoms with van der Waals surface area (Å²) in [7, 11) is 0. The number of para-hydroxylation sites is 1. The minimum Gasteiger partial charge on any atom is -0.355 e. The van der Waals surface area contributed by atoms with Crippen LogP contribution in [-0.4, -0.2) is 0 Å². The third-order valence-electron chi connectivity index (χ3n) is 2.69. The van der Waals surface area contributed by atoms with Crippen molar-refractivity contribution < 1.29 is 0 Å². The summed E-state index contributed by atoms with van der Waals surface area (Å²) < 4.78 is 0. The van der Waals surface area contributed by atoms with Gasteiger partial charge in [0.25, 0.3) is 0 Å². The van der Waals surface area contributed by atoms with Gasteiger partial charge in [0.1, 0.15) is 0 Å².